The van der Waals surface area contributed by atoms with Crippen LogP contribution in [0.4, 0.5) is 0 Å². The van der Waals surface area contributed by atoms with E-state index in [0.29, 0.717) is 22.4 Å². The van der Waals surface area contributed by atoms with Gasteiger partial charge in [-0.15, -0.1) is 0 Å². The lowest BCUT2D eigenvalue weighted by molar-refractivity contribution is 1.11. The summed E-state index contributed by atoms with van der Waals surface area (Å²) in [6.45, 7) is 0. The third-order valence-electron chi connectivity index (χ3n) is 3.64. The lowest BCUT2D eigenvalue weighted by atomic mass is 10.0. The van der Waals surface area contributed by atoms with Crippen LogP contribution in [0.5, 0.6) is 0 Å². The van der Waals surface area contributed by atoms with Gasteiger partial charge >= 0.3 is 0 Å². The number of aromatic nitrogens is 4. The zero-order valence-electron chi connectivity index (χ0n) is 12.1. The Bertz CT molecular complexity index is 1030. The van der Waals surface area contributed by atoms with E-state index in [9.17, 15) is 4.79 Å². The van der Waals surface area contributed by atoms with Crippen molar-refractivity contribution in [1.82, 2.24) is 19.9 Å². The molecule has 0 fully saturated rings. The Kier molecular flexibility index (Phi) is 3.16. The topological polar surface area (TPSA) is 71.5 Å². The lowest BCUT2D eigenvalue weighted by Crippen LogP contribution is -2.10. The summed E-state index contributed by atoms with van der Waals surface area (Å²) in [5.41, 5.74) is 3.10. The molecule has 1 N–H and O–H groups in total. The van der Waals surface area contributed by atoms with Crippen LogP contribution in [0, 0.1) is 0 Å². The van der Waals surface area contributed by atoms with Gasteiger partial charge in [0.05, 0.1) is 10.9 Å². The summed E-state index contributed by atoms with van der Waals surface area (Å²) in [6.07, 6.45) is 3.04. The molecule has 0 saturated heterocycles. The summed E-state index contributed by atoms with van der Waals surface area (Å²) in [6, 6.07) is 17.3. The zero-order valence-corrected chi connectivity index (χ0v) is 12.1. The fourth-order valence-corrected chi connectivity index (χ4v) is 2.50. The minimum atomic E-state index is -0.179. The Balaban J connectivity index is 1.88. The molecule has 0 atom stereocenters. The first-order valence-corrected chi connectivity index (χ1v) is 7.17. The van der Waals surface area contributed by atoms with Gasteiger partial charge < -0.3 is 4.98 Å². The Morgan fingerprint density at radius 1 is 0.913 bits per heavy atom. The van der Waals surface area contributed by atoms with Crippen molar-refractivity contribution in [3.63, 3.8) is 0 Å². The second kappa shape index (κ2) is 5.46. The van der Waals surface area contributed by atoms with E-state index in [-0.39, 0.29) is 5.56 Å². The molecule has 5 heteroatoms. The van der Waals surface area contributed by atoms with Gasteiger partial charge in [-0.1, -0.05) is 36.4 Å². The predicted octanol–water partition coefficient (Wildman–Crippen LogP) is 3.05. The van der Waals surface area contributed by atoms with Crippen LogP contribution in [0.25, 0.3) is 33.5 Å². The number of nitrogens with one attached hydrogen (secondary N) is 1. The largest absolute Gasteiger partial charge is 0.305 e. The normalized spacial score (nSPS) is 10.8. The van der Waals surface area contributed by atoms with E-state index < -0.39 is 0 Å². The van der Waals surface area contributed by atoms with Gasteiger partial charge in [0.25, 0.3) is 5.56 Å². The van der Waals surface area contributed by atoms with Crippen LogP contribution in [0.15, 0.2) is 71.9 Å². The number of benzene rings is 2. The summed E-state index contributed by atoms with van der Waals surface area (Å²) in [4.78, 5) is 27.7. The van der Waals surface area contributed by atoms with E-state index in [1.165, 1.54) is 6.33 Å². The third kappa shape index (κ3) is 2.48. The molecule has 0 aliphatic heterocycles. The number of H-pyrrole nitrogens is 1. The molecule has 0 radical (unpaired) electrons. The maximum atomic E-state index is 12.4. The Morgan fingerprint density at radius 3 is 2.57 bits per heavy atom. The van der Waals surface area contributed by atoms with Gasteiger partial charge in [-0.25, -0.2) is 15.0 Å². The van der Waals surface area contributed by atoms with Crippen LogP contribution in [-0.4, -0.2) is 19.9 Å². The van der Waals surface area contributed by atoms with E-state index in [4.69, 9.17) is 0 Å². The molecule has 0 unspecified atom stereocenters. The standard InChI is InChI=1S/C18H12N4O/c23-18-14-10-13(12-4-2-1-3-5-12)6-7-15(14)21-17(22-18)16-8-9-19-11-20-16/h1-11H,(H,21,22,23). The van der Waals surface area contributed by atoms with Crippen LogP contribution < -0.4 is 5.56 Å². The molecule has 2 heterocycles. The number of rotatable bonds is 2. The van der Waals surface area contributed by atoms with Crippen molar-refractivity contribution in [3.8, 4) is 22.6 Å². The summed E-state index contributed by atoms with van der Waals surface area (Å²) in [5, 5.41) is 0.559. The number of fused-ring (bicyclic) bond motifs is 1. The highest BCUT2D eigenvalue weighted by Crippen LogP contribution is 2.22. The number of aromatic amines is 1. The third-order valence-corrected chi connectivity index (χ3v) is 3.64. The number of hydrogen-bond acceptors (Lipinski definition) is 4. The number of hydrogen-bond donors (Lipinski definition) is 1. The van der Waals surface area contributed by atoms with Gasteiger partial charge in [-0.05, 0) is 29.3 Å². The van der Waals surface area contributed by atoms with Gasteiger partial charge in [-0.3, -0.25) is 4.79 Å². The number of nitrogens with zero attached hydrogens (tertiary/aromatic N) is 3. The summed E-state index contributed by atoms with van der Waals surface area (Å²) in [5.74, 6) is 0.442. The molecule has 0 saturated carbocycles. The molecule has 110 valence electrons. The van der Waals surface area contributed by atoms with Crippen LogP contribution in [0.2, 0.25) is 0 Å². The van der Waals surface area contributed by atoms with Crippen molar-refractivity contribution in [2.24, 2.45) is 0 Å². The van der Waals surface area contributed by atoms with Crippen molar-refractivity contribution in [3.05, 3.63) is 77.5 Å². The first-order chi connectivity index (χ1) is 11.3. The Labute approximate surface area is 131 Å². The Hall–Kier alpha value is -3.34. The summed E-state index contributed by atoms with van der Waals surface area (Å²) in [7, 11) is 0. The van der Waals surface area contributed by atoms with Crippen LogP contribution in [-0.2, 0) is 0 Å². The maximum absolute atomic E-state index is 12.4. The van der Waals surface area contributed by atoms with Crippen molar-refractivity contribution in [1.29, 1.82) is 0 Å². The SMILES string of the molecule is O=c1[nH]c(-c2ccncn2)nc2ccc(-c3ccccc3)cc12. The van der Waals surface area contributed by atoms with Gasteiger partial charge in [0.2, 0.25) is 0 Å². The highest BCUT2D eigenvalue weighted by Gasteiger charge is 2.08. The molecule has 0 amide bonds. The molecule has 23 heavy (non-hydrogen) atoms. The van der Waals surface area contributed by atoms with Crippen molar-refractivity contribution >= 4 is 10.9 Å². The average molecular weight is 300 g/mol. The molecular weight excluding hydrogens is 288 g/mol. The van der Waals surface area contributed by atoms with E-state index in [1.54, 1.807) is 12.3 Å². The van der Waals surface area contributed by atoms with Crippen LogP contribution >= 0.6 is 0 Å². The molecule has 0 aliphatic carbocycles. The predicted molar refractivity (Wildman–Crippen MR) is 88.8 cm³/mol. The molecule has 4 rings (SSSR count). The van der Waals surface area contributed by atoms with E-state index >= 15 is 0 Å². The minimum absolute atomic E-state index is 0.179. The van der Waals surface area contributed by atoms with E-state index in [0.717, 1.165) is 11.1 Å². The van der Waals surface area contributed by atoms with Crippen LogP contribution in [0.1, 0.15) is 0 Å². The van der Waals surface area contributed by atoms with Crippen LogP contribution in [0.3, 0.4) is 0 Å². The molecule has 0 spiro atoms. The molecule has 0 bridgehead atoms. The zero-order chi connectivity index (χ0) is 15.6. The van der Waals surface area contributed by atoms with E-state index in [1.807, 2.05) is 48.5 Å². The molecule has 5 nitrogen and oxygen atoms in total. The Morgan fingerprint density at radius 2 is 1.78 bits per heavy atom. The highest BCUT2D eigenvalue weighted by molar-refractivity contribution is 5.84. The molecule has 4 aromatic rings. The quantitative estimate of drug-likeness (QED) is 0.617. The first kappa shape index (κ1) is 13.3. The van der Waals surface area contributed by atoms with Crippen molar-refractivity contribution in [2.45, 2.75) is 0 Å². The van der Waals surface area contributed by atoms with Gasteiger partial charge in [-0.2, -0.15) is 0 Å². The van der Waals surface area contributed by atoms with Gasteiger partial charge in [0.15, 0.2) is 5.82 Å². The fourth-order valence-electron chi connectivity index (χ4n) is 2.50. The van der Waals surface area contributed by atoms with Crippen molar-refractivity contribution in [2.75, 3.05) is 0 Å². The molecule has 2 aromatic heterocycles. The minimum Gasteiger partial charge on any atom is -0.305 e. The van der Waals surface area contributed by atoms with Gasteiger partial charge in [0.1, 0.15) is 12.0 Å². The first-order valence-electron chi connectivity index (χ1n) is 7.17. The summed E-state index contributed by atoms with van der Waals surface area (Å²) >= 11 is 0. The van der Waals surface area contributed by atoms with E-state index in [2.05, 4.69) is 19.9 Å². The van der Waals surface area contributed by atoms with Gasteiger partial charge in [0, 0.05) is 6.20 Å². The highest BCUT2D eigenvalue weighted by atomic mass is 16.1. The average Bonchev–Trinajstić information content (AvgIpc) is 2.63. The molecule has 2 aromatic carbocycles. The van der Waals surface area contributed by atoms with Crippen molar-refractivity contribution < 1.29 is 0 Å². The second-order valence-corrected chi connectivity index (χ2v) is 5.11. The second-order valence-electron chi connectivity index (χ2n) is 5.11. The smallest absolute Gasteiger partial charge is 0.259 e. The lowest BCUT2D eigenvalue weighted by Gasteiger charge is -2.05. The maximum Gasteiger partial charge on any atom is 0.259 e. The molecule has 0 aliphatic rings. The summed E-state index contributed by atoms with van der Waals surface area (Å²) < 4.78 is 0. The fraction of sp³-hybridized carbons (Fsp3) is 0. The molecular formula is C18H12N4O. The monoisotopic (exact) mass is 300 g/mol.